The summed E-state index contributed by atoms with van der Waals surface area (Å²) in [5, 5.41) is 0. The van der Waals surface area contributed by atoms with E-state index in [4.69, 9.17) is 11.6 Å². The van der Waals surface area contributed by atoms with Gasteiger partial charge in [0.15, 0.2) is 0 Å². The molecule has 2 rings (SSSR count). The Bertz CT molecular complexity index is 730. The first-order chi connectivity index (χ1) is 12.5. The lowest BCUT2D eigenvalue weighted by atomic mass is 9.86. The molecule has 0 saturated heterocycles. The lowest BCUT2D eigenvalue weighted by Gasteiger charge is -2.18. The summed E-state index contributed by atoms with van der Waals surface area (Å²) in [6.45, 7) is 11.0. The van der Waals surface area contributed by atoms with Gasteiger partial charge in [0.1, 0.15) is 0 Å². The van der Waals surface area contributed by atoms with E-state index in [0.717, 1.165) is 28.5 Å². The first kappa shape index (κ1) is 21.6. The van der Waals surface area contributed by atoms with Crippen LogP contribution in [0.15, 0.2) is 30.8 Å². The molecule has 1 heterocycles. The third-order valence-electron chi connectivity index (χ3n) is 5.03. The van der Waals surface area contributed by atoms with Gasteiger partial charge in [0.25, 0.3) is 0 Å². The van der Waals surface area contributed by atoms with Gasteiger partial charge in [0, 0.05) is 10.4 Å². The number of allylic oxidation sites excluding steroid dienone is 1. The Kier molecular flexibility index (Phi) is 8.79. The maximum Gasteiger partial charge on any atom is 0.0975 e. The Balaban J connectivity index is 2.55. The summed E-state index contributed by atoms with van der Waals surface area (Å²) in [4.78, 5) is 1.28. The van der Waals surface area contributed by atoms with E-state index in [0.29, 0.717) is 5.92 Å². The van der Waals surface area contributed by atoms with Crippen LogP contribution in [-0.2, 0) is 6.42 Å². The van der Waals surface area contributed by atoms with E-state index in [1.807, 2.05) is 0 Å². The van der Waals surface area contributed by atoms with Gasteiger partial charge >= 0.3 is 0 Å². The van der Waals surface area contributed by atoms with Gasteiger partial charge in [-0.1, -0.05) is 75.6 Å². The number of hydrogen-bond acceptors (Lipinski definition) is 2. The van der Waals surface area contributed by atoms with Crippen molar-refractivity contribution in [3.8, 4) is 10.4 Å². The molecule has 0 saturated carbocycles. The molecule has 0 N–H and O–H groups in total. The quantitative estimate of drug-likeness (QED) is 0.296. The maximum atomic E-state index is 6.82. The van der Waals surface area contributed by atoms with Gasteiger partial charge in [-0.3, -0.25) is 0 Å². The van der Waals surface area contributed by atoms with E-state index < -0.39 is 0 Å². The van der Waals surface area contributed by atoms with Gasteiger partial charge in [0.2, 0.25) is 0 Å². The van der Waals surface area contributed by atoms with Gasteiger partial charge in [-0.15, -0.1) is 11.3 Å². The molecular weight excluding hydrogens is 376 g/mol. The highest BCUT2D eigenvalue weighted by atomic mass is 35.5. The molecule has 0 bridgehead atoms. The number of unbranched alkanes of at least 4 members (excludes halogenated alkanes) is 2. The van der Waals surface area contributed by atoms with E-state index in [1.165, 1.54) is 52.8 Å². The predicted octanol–water partition coefficient (Wildman–Crippen LogP) is 8.65. The molecule has 1 unspecified atom stereocenters. The van der Waals surface area contributed by atoms with Crippen molar-refractivity contribution < 1.29 is 0 Å². The fraction of sp³-hybridized carbons (Fsp3) is 0.478. The lowest BCUT2D eigenvalue weighted by Crippen LogP contribution is -2.01. The number of thiophene rings is 1. The SMILES string of the molecule is C=C(C)c1c(-c2ccccc2CCS)sc(Cl)c1C(CC)CCCCC. The summed E-state index contributed by atoms with van der Waals surface area (Å²) in [6.07, 6.45) is 7.11. The number of halogens is 1. The van der Waals surface area contributed by atoms with Crippen molar-refractivity contribution in [2.45, 2.75) is 65.2 Å². The molecular formula is C23H31ClS2. The van der Waals surface area contributed by atoms with Crippen molar-refractivity contribution in [2.24, 2.45) is 0 Å². The van der Waals surface area contributed by atoms with Crippen LogP contribution in [0.4, 0.5) is 0 Å². The first-order valence-corrected chi connectivity index (χ1v) is 11.5. The van der Waals surface area contributed by atoms with Crippen LogP contribution < -0.4 is 0 Å². The van der Waals surface area contributed by atoms with Crippen molar-refractivity contribution in [3.05, 3.63) is 51.9 Å². The average Bonchev–Trinajstić information content (AvgIpc) is 2.97. The van der Waals surface area contributed by atoms with Crippen molar-refractivity contribution in [1.82, 2.24) is 0 Å². The molecule has 26 heavy (non-hydrogen) atoms. The Morgan fingerprint density at radius 2 is 1.96 bits per heavy atom. The second-order valence-electron chi connectivity index (χ2n) is 7.01. The van der Waals surface area contributed by atoms with E-state index in [2.05, 4.69) is 64.2 Å². The van der Waals surface area contributed by atoms with Crippen molar-refractivity contribution >= 4 is 41.1 Å². The Labute approximate surface area is 174 Å². The summed E-state index contributed by atoms with van der Waals surface area (Å²) < 4.78 is 0.946. The number of rotatable bonds is 10. The minimum Gasteiger partial charge on any atom is -0.179 e. The lowest BCUT2D eigenvalue weighted by molar-refractivity contribution is 0.554. The standard InChI is InChI=1S/C23H31ClS2/c1-5-7-8-11-17(6-2)21-20(16(3)4)22(26-23(21)24)19-13-10-9-12-18(19)14-15-25/h9-10,12-13,17,25H,3,5-8,11,14-15H2,1-2,4H3. The fourth-order valence-corrected chi connectivity index (χ4v) is 5.64. The molecule has 0 spiro atoms. The zero-order valence-corrected chi connectivity index (χ0v) is 18.7. The summed E-state index contributed by atoms with van der Waals surface area (Å²) in [5.74, 6) is 1.36. The minimum absolute atomic E-state index is 0.516. The normalized spacial score (nSPS) is 12.3. The summed E-state index contributed by atoms with van der Waals surface area (Å²) in [6, 6.07) is 8.65. The van der Waals surface area contributed by atoms with Crippen LogP contribution in [0.3, 0.4) is 0 Å². The number of thiol groups is 1. The maximum absolute atomic E-state index is 6.82. The summed E-state index contributed by atoms with van der Waals surface area (Å²) in [7, 11) is 0. The fourth-order valence-electron chi connectivity index (χ4n) is 3.67. The van der Waals surface area contributed by atoms with Gasteiger partial charge in [-0.25, -0.2) is 0 Å². The molecule has 2 aromatic rings. The number of benzene rings is 1. The molecule has 0 aliphatic heterocycles. The molecule has 0 fully saturated rings. The molecule has 1 atom stereocenters. The van der Waals surface area contributed by atoms with E-state index in [-0.39, 0.29) is 0 Å². The van der Waals surface area contributed by atoms with Crippen molar-refractivity contribution in [2.75, 3.05) is 5.75 Å². The summed E-state index contributed by atoms with van der Waals surface area (Å²) >= 11 is 13.0. The van der Waals surface area contributed by atoms with Crippen LogP contribution in [0.25, 0.3) is 16.0 Å². The molecule has 1 aromatic heterocycles. The summed E-state index contributed by atoms with van der Waals surface area (Å²) in [5.41, 5.74) is 6.37. The first-order valence-electron chi connectivity index (χ1n) is 9.72. The molecule has 0 nitrogen and oxygen atoms in total. The zero-order valence-electron chi connectivity index (χ0n) is 16.3. The molecule has 0 radical (unpaired) electrons. The van der Waals surface area contributed by atoms with Gasteiger partial charge in [-0.05, 0) is 60.1 Å². The van der Waals surface area contributed by atoms with Crippen molar-refractivity contribution in [3.63, 3.8) is 0 Å². The molecule has 0 aliphatic rings. The topological polar surface area (TPSA) is 0 Å². The van der Waals surface area contributed by atoms with E-state index in [1.54, 1.807) is 11.3 Å². The third kappa shape index (κ3) is 4.97. The highest BCUT2D eigenvalue weighted by Crippen LogP contribution is 2.48. The second-order valence-corrected chi connectivity index (χ2v) is 9.08. The van der Waals surface area contributed by atoms with Crippen LogP contribution in [0, 0.1) is 0 Å². The second kappa shape index (κ2) is 10.6. The van der Waals surface area contributed by atoms with Gasteiger partial charge in [0.05, 0.1) is 4.34 Å². The largest absolute Gasteiger partial charge is 0.179 e. The molecule has 0 amide bonds. The van der Waals surface area contributed by atoms with E-state index in [9.17, 15) is 0 Å². The van der Waals surface area contributed by atoms with Crippen LogP contribution in [0.2, 0.25) is 4.34 Å². The van der Waals surface area contributed by atoms with Crippen LogP contribution >= 0.6 is 35.6 Å². The third-order valence-corrected chi connectivity index (χ3v) is 6.71. The molecule has 3 heteroatoms. The number of aryl methyl sites for hydroxylation is 1. The van der Waals surface area contributed by atoms with Crippen LogP contribution in [0.1, 0.15) is 75.5 Å². The minimum atomic E-state index is 0.516. The Morgan fingerprint density at radius 3 is 2.58 bits per heavy atom. The van der Waals surface area contributed by atoms with E-state index >= 15 is 0 Å². The highest BCUT2D eigenvalue weighted by molar-refractivity contribution is 7.80. The molecule has 1 aromatic carbocycles. The monoisotopic (exact) mass is 406 g/mol. The predicted molar refractivity (Wildman–Crippen MR) is 124 cm³/mol. The molecule has 142 valence electrons. The average molecular weight is 407 g/mol. The molecule has 0 aliphatic carbocycles. The number of hydrogen-bond donors (Lipinski definition) is 1. The van der Waals surface area contributed by atoms with Crippen LogP contribution in [-0.4, -0.2) is 5.75 Å². The van der Waals surface area contributed by atoms with Gasteiger partial charge < -0.3 is 0 Å². The Hall–Kier alpha value is -0.700. The smallest absolute Gasteiger partial charge is 0.0975 e. The zero-order chi connectivity index (χ0) is 19.1. The van der Waals surface area contributed by atoms with Gasteiger partial charge in [-0.2, -0.15) is 12.6 Å². The van der Waals surface area contributed by atoms with Crippen molar-refractivity contribution in [1.29, 1.82) is 0 Å². The Morgan fingerprint density at radius 1 is 1.23 bits per heavy atom. The van der Waals surface area contributed by atoms with Crippen LogP contribution in [0.5, 0.6) is 0 Å². The highest BCUT2D eigenvalue weighted by Gasteiger charge is 2.25.